The number of hydrogen-bond acceptors (Lipinski definition) is 12. The third-order valence-corrected chi connectivity index (χ3v) is 10.0. The van der Waals surface area contributed by atoms with Gasteiger partial charge in [0.15, 0.2) is 5.82 Å². The highest BCUT2D eigenvalue weighted by Crippen LogP contribution is 2.46. The largest absolute Gasteiger partial charge is 0.472 e. The molecule has 1 unspecified atom stereocenters. The van der Waals surface area contributed by atoms with Crippen LogP contribution in [0.5, 0.6) is 0 Å². The lowest BCUT2D eigenvalue weighted by atomic mass is 9.92. The lowest BCUT2D eigenvalue weighted by molar-refractivity contribution is -0.0662. The molecule has 0 amide bonds. The summed E-state index contributed by atoms with van der Waals surface area (Å²) in [7, 11) is -3.18. The molecule has 1 saturated heterocycles. The van der Waals surface area contributed by atoms with E-state index in [1.54, 1.807) is 6.07 Å². The van der Waals surface area contributed by atoms with E-state index in [9.17, 15) is 24.9 Å². The second-order valence-electron chi connectivity index (χ2n) is 12.9. The Hall–Kier alpha value is -2.18. The topological polar surface area (TPSA) is 204 Å². The van der Waals surface area contributed by atoms with E-state index in [1.165, 1.54) is 114 Å². The smallest absolute Gasteiger partial charge is 0.387 e. The van der Waals surface area contributed by atoms with Crippen LogP contribution < -0.4 is 5.73 Å². The summed E-state index contributed by atoms with van der Waals surface area (Å²) in [6.45, 7) is 2.07. The Labute approximate surface area is 290 Å². The number of hydrogen-bond donors (Lipinski definition) is 4. The van der Waals surface area contributed by atoms with E-state index < -0.39 is 44.4 Å². The standard InChI is InChI=1S/C34H58N5O9P/c1-3-4-5-6-7-8-9-10-11-12-13-14-15-16-17-18-21-45-22-27(44-2)23-46-49(42,43)47-24-29-31(40)32(41)34(25-35,48-29)30-20-19-28-33(36)37-26-38-39(28)30/h19-20,26-27,29,31-32,40-41H,3-18,21-24H2,1-2H3,(H,42,43)(H2,36,37,38)/t27-,29-,31-,32-,34+/m1/s1. The van der Waals surface area contributed by atoms with Crippen molar-refractivity contribution >= 4 is 19.2 Å². The van der Waals surface area contributed by atoms with Crippen molar-refractivity contribution in [2.75, 3.05) is 39.3 Å². The number of anilines is 1. The molecule has 0 aromatic carbocycles. The van der Waals surface area contributed by atoms with E-state index in [4.69, 9.17) is 29.0 Å². The van der Waals surface area contributed by atoms with Crippen LogP contribution >= 0.6 is 7.82 Å². The van der Waals surface area contributed by atoms with Crippen LogP contribution in [-0.2, 0) is 33.4 Å². The lowest BCUT2D eigenvalue weighted by Gasteiger charge is -2.24. The molecule has 15 heteroatoms. The van der Waals surface area contributed by atoms with E-state index in [-0.39, 0.29) is 24.7 Å². The zero-order valence-electron chi connectivity index (χ0n) is 29.3. The van der Waals surface area contributed by atoms with Crippen LogP contribution in [0.2, 0.25) is 0 Å². The zero-order chi connectivity index (χ0) is 35.5. The van der Waals surface area contributed by atoms with Gasteiger partial charge in [0.25, 0.3) is 0 Å². The fourth-order valence-corrected chi connectivity index (χ4v) is 6.85. The molecule has 3 heterocycles. The summed E-state index contributed by atoms with van der Waals surface area (Å²) in [5, 5.41) is 35.6. The number of nitrogens with two attached hydrogens (primary N) is 1. The summed E-state index contributed by atoms with van der Waals surface area (Å²) in [5.74, 6) is 0.139. The molecule has 0 spiro atoms. The van der Waals surface area contributed by atoms with Crippen LogP contribution in [0.3, 0.4) is 0 Å². The fourth-order valence-electron chi connectivity index (χ4n) is 6.08. The first-order valence-electron chi connectivity index (χ1n) is 17.9. The molecule has 1 aliphatic heterocycles. The number of nitrogens with zero attached hydrogens (tertiary/aromatic N) is 4. The van der Waals surface area contributed by atoms with Crippen LogP contribution in [-0.4, -0.2) is 87.7 Å². The predicted octanol–water partition coefficient (Wildman–Crippen LogP) is 5.58. The molecule has 49 heavy (non-hydrogen) atoms. The average Bonchev–Trinajstić information content (AvgIpc) is 3.64. The molecule has 1 aliphatic rings. The molecule has 1 fully saturated rings. The van der Waals surface area contributed by atoms with E-state index in [0.717, 1.165) is 12.8 Å². The predicted molar refractivity (Wildman–Crippen MR) is 184 cm³/mol. The summed E-state index contributed by atoms with van der Waals surface area (Å²) in [6.07, 6.45) is 16.6. The Morgan fingerprint density at radius 1 is 0.980 bits per heavy atom. The van der Waals surface area contributed by atoms with Gasteiger partial charge < -0.3 is 35.1 Å². The number of aliphatic hydroxyl groups excluding tert-OH is 2. The van der Waals surface area contributed by atoms with Crippen molar-refractivity contribution < 1.29 is 42.9 Å². The van der Waals surface area contributed by atoms with Crippen molar-refractivity contribution in [3.8, 4) is 6.07 Å². The molecule has 278 valence electrons. The highest BCUT2D eigenvalue weighted by molar-refractivity contribution is 7.47. The van der Waals surface area contributed by atoms with Gasteiger partial charge in [-0.3, -0.25) is 9.05 Å². The van der Waals surface area contributed by atoms with Gasteiger partial charge in [-0.25, -0.2) is 14.1 Å². The number of rotatable bonds is 27. The maximum absolute atomic E-state index is 12.6. The van der Waals surface area contributed by atoms with Gasteiger partial charge in [0.05, 0.1) is 25.5 Å². The van der Waals surface area contributed by atoms with Crippen molar-refractivity contribution in [2.24, 2.45) is 0 Å². The molecule has 0 saturated carbocycles. The third-order valence-electron chi connectivity index (χ3n) is 9.09. The number of aromatic nitrogens is 3. The van der Waals surface area contributed by atoms with Gasteiger partial charge in [-0.05, 0) is 18.6 Å². The molecule has 0 bridgehead atoms. The Bertz CT molecular complexity index is 1310. The van der Waals surface area contributed by atoms with Crippen molar-refractivity contribution in [1.29, 1.82) is 5.26 Å². The lowest BCUT2D eigenvalue weighted by Crippen LogP contribution is -2.41. The fraction of sp³-hybridized carbons (Fsp3) is 0.794. The minimum Gasteiger partial charge on any atom is -0.387 e. The first-order valence-corrected chi connectivity index (χ1v) is 19.4. The molecular formula is C34H58N5O9P. The number of nitriles is 1. The normalized spacial score (nSPS) is 22.7. The summed E-state index contributed by atoms with van der Waals surface area (Å²) < 4.78 is 40.8. The second-order valence-corrected chi connectivity index (χ2v) is 14.3. The van der Waals surface area contributed by atoms with Crippen LogP contribution in [0, 0.1) is 11.3 Å². The molecule has 0 radical (unpaired) electrons. The molecule has 6 atom stereocenters. The van der Waals surface area contributed by atoms with Gasteiger partial charge in [-0.15, -0.1) is 0 Å². The van der Waals surface area contributed by atoms with E-state index >= 15 is 0 Å². The molecular weight excluding hydrogens is 653 g/mol. The Morgan fingerprint density at radius 2 is 1.57 bits per heavy atom. The number of unbranched alkanes of at least 4 members (excludes halogenated alkanes) is 15. The average molecular weight is 712 g/mol. The number of ether oxygens (including phenoxy) is 3. The SMILES string of the molecule is CCCCCCCCCCCCCCCCCCOC[C@H](COP(=O)(O)OC[C@H]1O[C@@](C#N)(c2ccc3c(N)ncnn23)[C@H](O)[C@@H]1O)OC. The van der Waals surface area contributed by atoms with Gasteiger partial charge >= 0.3 is 7.82 Å². The second kappa shape index (κ2) is 21.9. The summed E-state index contributed by atoms with van der Waals surface area (Å²) in [6, 6.07) is 4.91. The first-order chi connectivity index (χ1) is 23.7. The van der Waals surface area contributed by atoms with Gasteiger partial charge in [0.1, 0.15) is 42.3 Å². The maximum atomic E-state index is 12.6. The molecule has 5 N–H and O–H groups in total. The minimum absolute atomic E-state index is 0.0964. The van der Waals surface area contributed by atoms with E-state index in [2.05, 4.69) is 17.0 Å². The van der Waals surface area contributed by atoms with Crippen LogP contribution in [0.25, 0.3) is 5.52 Å². The number of methoxy groups -OCH3 is 1. The van der Waals surface area contributed by atoms with Gasteiger partial charge in [0, 0.05) is 13.7 Å². The monoisotopic (exact) mass is 711 g/mol. The first kappa shape index (κ1) is 41.2. The summed E-state index contributed by atoms with van der Waals surface area (Å²) in [5.41, 5.74) is 4.27. The minimum atomic E-state index is -4.63. The van der Waals surface area contributed by atoms with Crippen molar-refractivity contribution in [1.82, 2.24) is 14.6 Å². The highest BCUT2D eigenvalue weighted by Gasteiger charge is 2.58. The Morgan fingerprint density at radius 3 is 2.14 bits per heavy atom. The number of phosphoric ester groups is 1. The quantitative estimate of drug-likeness (QED) is 0.0661. The van der Waals surface area contributed by atoms with Crippen molar-refractivity contribution in [3.05, 3.63) is 24.2 Å². The number of nitrogen functional groups attached to an aromatic ring is 1. The molecule has 2 aromatic rings. The zero-order valence-corrected chi connectivity index (χ0v) is 30.2. The van der Waals surface area contributed by atoms with Crippen LogP contribution in [0.15, 0.2) is 18.5 Å². The highest BCUT2D eigenvalue weighted by atomic mass is 31.2. The third kappa shape index (κ3) is 12.8. The summed E-state index contributed by atoms with van der Waals surface area (Å²) in [4.78, 5) is 14.2. The van der Waals surface area contributed by atoms with Crippen molar-refractivity contribution in [3.63, 3.8) is 0 Å². The van der Waals surface area contributed by atoms with Gasteiger partial charge in [0.2, 0.25) is 5.60 Å². The molecule has 3 rings (SSSR count). The van der Waals surface area contributed by atoms with E-state index in [1.807, 2.05) is 6.07 Å². The molecule has 2 aromatic heterocycles. The number of aliphatic hydroxyl groups is 2. The molecule has 0 aliphatic carbocycles. The van der Waals surface area contributed by atoms with Crippen molar-refractivity contribution in [2.45, 2.75) is 140 Å². The van der Waals surface area contributed by atoms with Gasteiger partial charge in [-0.1, -0.05) is 103 Å². The van der Waals surface area contributed by atoms with Gasteiger partial charge in [-0.2, -0.15) is 10.4 Å². The van der Waals surface area contributed by atoms with E-state index in [0.29, 0.717) is 12.1 Å². The number of phosphoric acid groups is 1. The maximum Gasteiger partial charge on any atom is 0.472 e. The van der Waals surface area contributed by atoms with Crippen LogP contribution in [0.4, 0.5) is 5.82 Å². The summed E-state index contributed by atoms with van der Waals surface area (Å²) >= 11 is 0. The molecule has 14 nitrogen and oxygen atoms in total. The Balaban J connectivity index is 1.26. The number of fused-ring (bicyclic) bond motifs is 1. The van der Waals surface area contributed by atoms with Crippen LogP contribution in [0.1, 0.15) is 115 Å². The Kier molecular flexibility index (Phi) is 18.4.